The fourth-order valence-electron chi connectivity index (χ4n) is 2.55. The van der Waals surface area contributed by atoms with Crippen LogP contribution in [-0.2, 0) is 0 Å². The Bertz CT molecular complexity index is 392. The molecule has 94 valence electrons. The summed E-state index contributed by atoms with van der Waals surface area (Å²) < 4.78 is 0. The molecule has 1 unspecified atom stereocenters. The SMILES string of the molecule is CN(C)CC1CCCN1c1ccc(Cl)cc1N. The highest BCUT2D eigenvalue weighted by atomic mass is 35.5. The van der Waals surface area contributed by atoms with E-state index in [1.807, 2.05) is 18.2 Å². The first-order valence-electron chi connectivity index (χ1n) is 6.04. The van der Waals surface area contributed by atoms with Crippen LogP contribution < -0.4 is 10.6 Å². The first kappa shape index (κ1) is 12.5. The average Bonchev–Trinajstić information content (AvgIpc) is 2.65. The van der Waals surface area contributed by atoms with Crippen molar-refractivity contribution in [1.82, 2.24) is 4.90 Å². The lowest BCUT2D eigenvalue weighted by molar-refractivity contribution is 0.372. The first-order chi connectivity index (χ1) is 8.08. The Balaban J connectivity index is 2.20. The minimum Gasteiger partial charge on any atom is -0.397 e. The van der Waals surface area contributed by atoms with Gasteiger partial charge in [-0.25, -0.2) is 0 Å². The lowest BCUT2D eigenvalue weighted by Gasteiger charge is -2.30. The van der Waals surface area contributed by atoms with Gasteiger partial charge in [0.2, 0.25) is 0 Å². The number of nitrogens with zero attached hydrogens (tertiary/aromatic N) is 2. The predicted octanol–water partition coefficient (Wildman–Crippen LogP) is 2.45. The molecule has 4 heteroatoms. The summed E-state index contributed by atoms with van der Waals surface area (Å²) in [4.78, 5) is 4.64. The lowest BCUT2D eigenvalue weighted by Crippen LogP contribution is -2.37. The van der Waals surface area contributed by atoms with E-state index < -0.39 is 0 Å². The molecular weight excluding hydrogens is 234 g/mol. The van der Waals surface area contributed by atoms with Crippen molar-refractivity contribution in [2.75, 3.05) is 37.8 Å². The van der Waals surface area contributed by atoms with Crippen molar-refractivity contribution < 1.29 is 0 Å². The Hall–Kier alpha value is -0.930. The van der Waals surface area contributed by atoms with E-state index in [9.17, 15) is 0 Å². The Morgan fingerprint density at radius 2 is 2.24 bits per heavy atom. The molecule has 0 radical (unpaired) electrons. The van der Waals surface area contributed by atoms with Crippen molar-refractivity contribution in [3.63, 3.8) is 0 Å². The van der Waals surface area contributed by atoms with Gasteiger partial charge >= 0.3 is 0 Å². The van der Waals surface area contributed by atoms with E-state index in [0.717, 1.165) is 24.5 Å². The summed E-state index contributed by atoms with van der Waals surface area (Å²) in [5, 5.41) is 0.703. The summed E-state index contributed by atoms with van der Waals surface area (Å²) >= 11 is 5.94. The minimum absolute atomic E-state index is 0.563. The topological polar surface area (TPSA) is 32.5 Å². The molecular formula is C13H20ClN3. The molecule has 17 heavy (non-hydrogen) atoms. The van der Waals surface area contributed by atoms with Crippen LogP contribution in [0.1, 0.15) is 12.8 Å². The summed E-state index contributed by atoms with van der Waals surface area (Å²) in [6.07, 6.45) is 2.47. The fraction of sp³-hybridized carbons (Fsp3) is 0.538. The van der Waals surface area contributed by atoms with Crippen LogP contribution in [0.15, 0.2) is 18.2 Å². The molecule has 1 aromatic rings. The highest BCUT2D eigenvalue weighted by Gasteiger charge is 2.26. The zero-order chi connectivity index (χ0) is 12.4. The second-order valence-electron chi connectivity index (χ2n) is 4.95. The molecule has 1 saturated heterocycles. The smallest absolute Gasteiger partial charge is 0.0603 e. The number of hydrogen-bond donors (Lipinski definition) is 1. The maximum absolute atomic E-state index is 6.05. The van der Waals surface area contributed by atoms with Crippen LogP contribution in [0.25, 0.3) is 0 Å². The quantitative estimate of drug-likeness (QED) is 0.840. The van der Waals surface area contributed by atoms with Crippen molar-refractivity contribution in [2.45, 2.75) is 18.9 Å². The van der Waals surface area contributed by atoms with Crippen molar-refractivity contribution in [2.24, 2.45) is 0 Å². The van der Waals surface area contributed by atoms with Crippen LogP contribution in [0.5, 0.6) is 0 Å². The zero-order valence-electron chi connectivity index (χ0n) is 10.5. The number of benzene rings is 1. The van der Waals surface area contributed by atoms with E-state index in [-0.39, 0.29) is 0 Å². The van der Waals surface area contributed by atoms with Gasteiger partial charge in [-0.1, -0.05) is 11.6 Å². The van der Waals surface area contributed by atoms with Gasteiger partial charge in [-0.15, -0.1) is 0 Å². The number of halogens is 1. The first-order valence-corrected chi connectivity index (χ1v) is 6.42. The molecule has 0 bridgehead atoms. The van der Waals surface area contributed by atoms with Crippen LogP contribution in [0, 0.1) is 0 Å². The molecule has 0 aromatic heterocycles. The highest BCUT2D eigenvalue weighted by molar-refractivity contribution is 6.31. The van der Waals surface area contributed by atoms with Gasteiger partial charge < -0.3 is 15.5 Å². The van der Waals surface area contributed by atoms with Gasteiger partial charge in [-0.05, 0) is 45.1 Å². The molecule has 3 nitrogen and oxygen atoms in total. The third kappa shape index (κ3) is 2.85. The third-order valence-electron chi connectivity index (χ3n) is 3.25. The molecule has 1 heterocycles. The Kier molecular flexibility index (Phi) is 3.79. The number of nitrogens with two attached hydrogens (primary N) is 1. The maximum Gasteiger partial charge on any atom is 0.0603 e. The lowest BCUT2D eigenvalue weighted by atomic mass is 10.2. The van der Waals surface area contributed by atoms with Crippen LogP contribution in [0.3, 0.4) is 0 Å². The van der Waals surface area contributed by atoms with Crippen molar-refractivity contribution in [3.8, 4) is 0 Å². The van der Waals surface area contributed by atoms with E-state index in [2.05, 4.69) is 23.9 Å². The highest BCUT2D eigenvalue weighted by Crippen LogP contribution is 2.32. The van der Waals surface area contributed by atoms with Crippen LogP contribution in [-0.4, -0.2) is 38.1 Å². The molecule has 1 aromatic carbocycles. The van der Waals surface area contributed by atoms with E-state index in [4.69, 9.17) is 17.3 Å². The fourth-order valence-corrected chi connectivity index (χ4v) is 2.73. The van der Waals surface area contributed by atoms with Gasteiger partial charge in [0.25, 0.3) is 0 Å². The molecule has 1 aliphatic heterocycles. The van der Waals surface area contributed by atoms with E-state index in [0.29, 0.717) is 11.1 Å². The summed E-state index contributed by atoms with van der Waals surface area (Å²) in [6.45, 7) is 2.16. The number of rotatable bonds is 3. The van der Waals surface area contributed by atoms with Crippen molar-refractivity contribution in [1.29, 1.82) is 0 Å². The molecule has 0 spiro atoms. The van der Waals surface area contributed by atoms with Gasteiger partial charge in [0.05, 0.1) is 11.4 Å². The molecule has 0 saturated carbocycles. The summed E-state index contributed by atoms with van der Waals surface area (Å²) in [5.41, 5.74) is 7.96. The maximum atomic E-state index is 6.05. The monoisotopic (exact) mass is 253 g/mol. The third-order valence-corrected chi connectivity index (χ3v) is 3.49. The van der Waals surface area contributed by atoms with Gasteiger partial charge in [0.15, 0.2) is 0 Å². The van der Waals surface area contributed by atoms with E-state index in [1.54, 1.807) is 0 Å². The molecule has 2 N–H and O–H groups in total. The number of hydrogen-bond acceptors (Lipinski definition) is 3. The molecule has 0 aliphatic carbocycles. The zero-order valence-corrected chi connectivity index (χ0v) is 11.2. The molecule has 2 rings (SSSR count). The van der Waals surface area contributed by atoms with E-state index >= 15 is 0 Å². The van der Waals surface area contributed by atoms with Gasteiger partial charge in [0, 0.05) is 24.2 Å². The molecule has 1 aliphatic rings. The van der Waals surface area contributed by atoms with Crippen LogP contribution in [0.4, 0.5) is 11.4 Å². The standard InChI is InChI=1S/C13H20ClN3/c1-16(2)9-11-4-3-7-17(11)13-6-5-10(14)8-12(13)15/h5-6,8,11H,3-4,7,9,15H2,1-2H3. The summed E-state index contributed by atoms with van der Waals surface area (Å²) in [7, 11) is 4.23. The Labute approximate surface area is 108 Å². The predicted molar refractivity (Wildman–Crippen MR) is 74.8 cm³/mol. The molecule has 1 atom stereocenters. The Morgan fingerprint density at radius 3 is 2.88 bits per heavy atom. The normalized spacial score (nSPS) is 20.2. The van der Waals surface area contributed by atoms with Gasteiger partial charge in [-0.2, -0.15) is 0 Å². The minimum atomic E-state index is 0.563. The second kappa shape index (κ2) is 5.15. The summed E-state index contributed by atoms with van der Waals surface area (Å²) in [6, 6.07) is 6.35. The van der Waals surface area contributed by atoms with Gasteiger partial charge in [-0.3, -0.25) is 0 Å². The molecule has 1 fully saturated rings. The van der Waals surface area contributed by atoms with Crippen LogP contribution in [0.2, 0.25) is 5.02 Å². The second-order valence-corrected chi connectivity index (χ2v) is 5.39. The number of likely N-dealkylation sites (N-methyl/N-ethyl adjacent to an activating group) is 1. The Morgan fingerprint density at radius 1 is 1.47 bits per heavy atom. The average molecular weight is 254 g/mol. The van der Waals surface area contributed by atoms with Gasteiger partial charge in [0.1, 0.15) is 0 Å². The van der Waals surface area contributed by atoms with Crippen molar-refractivity contribution in [3.05, 3.63) is 23.2 Å². The number of nitrogen functional groups attached to an aromatic ring is 1. The summed E-state index contributed by atoms with van der Waals surface area (Å²) in [5.74, 6) is 0. The largest absolute Gasteiger partial charge is 0.397 e. The van der Waals surface area contributed by atoms with E-state index in [1.165, 1.54) is 12.8 Å². The number of anilines is 2. The van der Waals surface area contributed by atoms with Crippen LogP contribution >= 0.6 is 11.6 Å². The molecule has 0 amide bonds. The van der Waals surface area contributed by atoms with Crippen molar-refractivity contribution >= 4 is 23.0 Å².